The predicted molar refractivity (Wildman–Crippen MR) is 65.9 cm³/mol. The summed E-state index contributed by atoms with van der Waals surface area (Å²) in [5.41, 5.74) is -0.420. The van der Waals surface area contributed by atoms with Crippen molar-refractivity contribution in [1.29, 1.82) is 0 Å². The van der Waals surface area contributed by atoms with Gasteiger partial charge < -0.3 is 9.67 Å². The Labute approximate surface area is 107 Å². The molecule has 98 valence electrons. The zero-order valence-corrected chi connectivity index (χ0v) is 10.3. The largest absolute Gasteiger partial charge is 0.507 e. The van der Waals surface area contributed by atoms with Gasteiger partial charge in [0.25, 0.3) is 11.5 Å². The van der Waals surface area contributed by atoms with Crippen molar-refractivity contribution < 1.29 is 9.90 Å². The number of aromatic nitrogens is 4. The van der Waals surface area contributed by atoms with Gasteiger partial charge in [-0.2, -0.15) is 5.10 Å². The van der Waals surface area contributed by atoms with Crippen LogP contribution in [-0.2, 0) is 7.05 Å². The van der Waals surface area contributed by atoms with Gasteiger partial charge in [0.15, 0.2) is 0 Å². The molecule has 1 amide bonds. The van der Waals surface area contributed by atoms with Gasteiger partial charge in [-0.25, -0.2) is 4.98 Å². The highest BCUT2D eigenvalue weighted by Gasteiger charge is 2.19. The molecule has 2 aromatic heterocycles. The summed E-state index contributed by atoms with van der Waals surface area (Å²) in [5, 5.41) is 19.1. The first-order valence-electron chi connectivity index (χ1n) is 5.35. The first kappa shape index (κ1) is 12.7. The molecule has 8 nitrogen and oxygen atoms in total. The van der Waals surface area contributed by atoms with Crippen LogP contribution in [0.25, 0.3) is 0 Å². The molecule has 8 heteroatoms. The topological polar surface area (TPSA) is 110 Å². The Morgan fingerprint density at radius 3 is 2.79 bits per heavy atom. The maximum Gasteiger partial charge on any atom is 0.267 e. The molecule has 2 heterocycles. The van der Waals surface area contributed by atoms with Gasteiger partial charge in [0.2, 0.25) is 5.95 Å². The van der Waals surface area contributed by atoms with Crippen LogP contribution in [0.15, 0.2) is 23.3 Å². The minimum absolute atomic E-state index is 0.0467. The lowest BCUT2D eigenvalue weighted by Gasteiger charge is -2.08. The number of carbonyl (C=O) groups is 1. The fourth-order valence-corrected chi connectivity index (χ4v) is 1.49. The van der Waals surface area contributed by atoms with Gasteiger partial charge in [0.05, 0.1) is 12.4 Å². The third-order valence-corrected chi connectivity index (χ3v) is 2.58. The highest BCUT2D eigenvalue weighted by atomic mass is 16.3. The molecule has 0 aliphatic rings. The summed E-state index contributed by atoms with van der Waals surface area (Å²) in [7, 11) is 1.51. The average Bonchev–Trinajstić information content (AvgIpc) is 2.37. The van der Waals surface area contributed by atoms with Crippen LogP contribution < -0.4 is 10.9 Å². The van der Waals surface area contributed by atoms with Crippen molar-refractivity contribution in [2.45, 2.75) is 6.92 Å². The van der Waals surface area contributed by atoms with Crippen LogP contribution in [0, 0.1) is 6.92 Å². The van der Waals surface area contributed by atoms with Crippen LogP contribution in [-0.4, -0.2) is 30.8 Å². The zero-order valence-electron chi connectivity index (χ0n) is 10.3. The number of aromatic hydroxyl groups is 1. The number of anilines is 1. The van der Waals surface area contributed by atoms with Gasteiger partial charge in [-0.3, -0.25) is 14.9 Å². The number of carbonyl (C=O) groups excluding carboxylic acids is 1. The normalized spacial score (nSPS) is 10.2. The Morgan fingerprint density at radius 1 is 1.42 bits per heavy atom. The summed E-state index contributed by atoms with van der Waals surface area (Å²) >= 11 is 0. The number of hydrogen-bond acceptors (Lipinski definition) is 6. The number of amides is 1. The van der Waals surface area contributed by atoms with E-state index in [2.05, 4.69) is 20.5 Å². The summed E-state index contributed by atoms with van der Waals surface area (Å²) < 4.78 is 1.26. The van der Waals surface area contributed by atoms with Crippen LogP contribution in [0.3, 0.4) is 0 Å². The molecule has 0 aliphatic heterocycles. The Kier molecular flexibility index (Phi) is 3.23. The number of nitrogens with one attached hydrogen (secondary N) is 1. The Hall–Kier alpha value is -2.77. The first-order chi connectivity index (χ1) is 9.00. The molecule has 2 aromatic rings. The summed E-state index contributed by atoms with van der Waals surface area (Å²) in [6, 6.07) is 1.33. The second-order valence-electron chi connectivity index (χ2n) is 3.83. The molecule has 19 heavy (non-hydrogen) atoms. The Bertz CT molecular complexity index is 681. The average molecular weight is 261 g/mol. The van der Waals surface area contributed by atoms with Crippen molar-refractivity contribution >= 4 is 11.9 Å². The number of aryl methyl sites for hydroxylation is 1. The van der Waals surface area contributed by atoms with E-state index in [0.29, 0.717) is 5.69 Å². The van der Waals surface area contributed by atoms with E-state index in [1.54, 1.807) is 6.92 Å². The van der Waals surface area contributed by atoms with E-state index in [1.807, 2.05) is 0 Å². The van der Waals surface area contributed by atoms with Gasteiger partial charge in [-0.05, 0) is 6.92 Å². The number of hydrogen-bond donors (Lipinski definition) is 2. The van der Waals surface area contributed by atoms with Crippen molar-refractivity contribution in [2.24, 2.45) is 7.05 Å². The third-order valence-electron chi connectivity index (χ3n) is 2.58. The van der Waals surface area contributed by atoms with Crippen LogP contribution in [0.4, 0.5) is 5.95 Å². The molecule has 0 atom stereocenters. The van der Waals surface area contributed by atoms with Gasteiger partial charge in [-0.15, -0.1) is 5.10 Å². The molecule has 0 aromatic carbocycles. The van der Waals surface area contributed by atoms with Gasteiger partial charge in [-0.1, -0.05) is 0 Å². The quantitative estimate of drug-likeness (QED) is 0.777. The molecule has 0 unspecified atom stereocenters. The molecule has 0 spiro atoms. The van der Waals surface area contributed by atoms with Crippen molar-refractivity contribution in [3.8, 4) is 5.75 Å². The maximum atomic E-state index is 11.9. The van der Waals surface area contributed by atoms with Gasteiger partial charge in [0, 0.05) is 18.8 Å². The SMILES string of the molecule is Cc1cc(O)c(C(=O)Nc2nccnn2)c(=O)n1C. The smallest absolute Gasteiger partial charge is 0.267 e. The lowest BCUT2D eigenvalue weighted by Crippen LogP contribution is -2.29. The van der Waals surface area contributed by atoms with E-state index in [9.17, 15) is 14.7 Å². The first-order valence-corrected chi connectivity index (χ1v) is 5.35. The van der Waals surface area contributed by atoms with Gasteiger partial charge in [0.1, 0.15) is 11.3 Å². The highest BCUT2D eigenvalue weighted by Crippen LogP contribution is 2.15. The van der Waals surface area contributed by atoms with Crippen LogP contribution in [0.2, 0.25) is 0 Å². The standard InChI is InChI=1S/C11H11N5O3/c1-6-5-7(17)8(10(19)16(6)2)9(18)14-11-12-3-4-13-15-11/h3-5,17H,1-2H3,(H,12,14,15,18). The minimum atomic E-state index is -0.786. The zero-order chi connectivity index (χ0) is 14.0. The monoisotopic (exact) mass is 261 g/mol. The maximum absolute atomic E-state index is 11.9. The van der Waals surface area contributed by atoms with Gasteiger partial charge >= 0.3 is 0 Å². The van der Waals surface area contributed by atoms with Crippen molar-refractivity contribution in [3.63, 3.8) is 0 Å². The molecule has 0 radical (unpaired) electrons. The van der Waals surface area contributed by atoms with Crippen molar-refractivity contribution in [3.05, 3.63) is 40.1 Å². The Balaban J connectivity index is 2.40. The van der Waals surface area contributed by atoms with E-state index in [4.69, 9.17) is 0 Å². The molecular weight excluding hydrogens is 250 g/mol. The van der Waals surface area contributed by atoms with Crippen molar-refractivity contribution in [2.75, 3.05) is 5.32 Å². The van der Waals surface area contributed by atoms with Crippen LogP contribution >= 0.6 is 0 Å². The molecule has 0 fully saturated rings. The molecule has 2 N–H and O–H groups in total. The van der Waals surface area contributed by atoms with Crippen LogP contribution in [0.5, 0.6) is 5.75 Å². The Morgan fingerprint density at radius 2 is 2.16 bits per heavy atom. The third kappa shape index (κ3) is 2.41. The molecular formula is C11H11N5O3. The van der Waals surface area contributed by atoms with Crippen molar-refractivity contribution in [1.82, 2.24) is 19.7 Å². The number of rotatable bonds is 2. The van der Waals surface area contributed by atoms with E-state index in [0.717, 1.165) is 0 Å². The fourth-order valence-electron chi connectivity index (χ4n) is 1.49. The molecule has 0 saturated heterocycles. The highest BCUT2D eigenvalue weighted by molar-refractivity contribution is 6.04. The number of nitrogens with zero attached hydrogens (tertiary/aromatic N) is 4. The minimum Gasteiger partial charge on any atom is -0.507 e. The summed E-state index contributed by atoms with van der Waals surface area (Å²) in [6.07, 6.45) is 2.69. The second-order valence-corrected chi connectivity index (χ2v) is 3.83. The van der Waals surface area contributed by atoms with E-state index >= 15 is 0 Å². The molecule has 0 saturated carbocycles. The summed E-state index contributed by atoms with van der Waals surface area (Å²) in [5.74, 6) is -1.22. The number of pyridine rings is 1. The van der Waals surface area contributed by atoms with E-state index in [1.165, 1.54) is 30.1 Å². The van der Waals surface area contributed by atoms with E-state index < -0.39 is 11.5 Å². The van der Waals surface area contributed by atoms with E-state index in [-0.39, 0.29) is 17.3 Å². The fraction of sp³-hybridized carbons (Fsp3) is 0.182. The van der Waals surface area contributed by atoms with Crippen LogP contribution in [0.1, 0.15) is 16.1 Å². The lowest BCUT2D eigenvalue weighted by atomic mass is 10.2. The second kappa shape index (κ2) is 4.84. The molecule has 0 aliphatic carbocycles. The summed E-state index contributed by atoms with van der Waals surface area (Å²) in [6.45, 7) is 1.65. The lowest BCUT2D eigenvalue weighted by molar-refractivity contribution is 0.102. The molecule has 2 rings (SSSR count). The summed E-state index contributed by atoms with van der Waals surface area (Å²) in [4.78, 5) is 27.6. The molecule has 0 bridgehead atoms. The predicted octanol–water partition coefficient (Wildman–Crippen LogP) is -0.163.